The molecule has 20 heavy (non-hydrogen) atoms. The summed E-state index contributed by atoms with van der Waals surface area (Å²) in [5.74, 6) is -0.420. The van der Waals surface area contributed by atoms with Gasteiger partial charge in [-0.25, -0.2) is 0 Å². The van der Waals surface area contributed by atoms with Gasteiger partial charge in [0.1, 0.15) is 0 Å². The molecule has 0 fully saturated rings. The molecule has 1 nitrogen and oxygen atoms in total. The third-order valence-electron chi connectivity index (χ3n) is 2.65. The number of hydrogen-bond acceptors (Lipinski definition) is 1. The Balaban J connectivity index is 2.34. The number of carbonyl (C=O) groups excluding carboxylic acids is 1. The van der Waals surface area contributed by atoms with Gasteiger partial charge in [-0.1, -0.05) is 39.7 Å². The van der Waals surface area contributed by atoms with Crippen molar-refractivity contribution in [3.63, 3.8) is 0 Å². The van der Waals surface area contributed by atoms with E-state index in [1.54, 1.807) is 12.1 Å². The minimum Gasteiger partial charge on any atom is -0.289 e. The first-order valence-corrected chi connectivity index (χ1v) is 6.63. The summed E-state index contributed by atoms with van der Waals surface area (Å²) < 4.78 is 38.0. The normalized spacial score (nSPS) is 11.4. The zero-order valence-electron chi connectivity index (χ0n) is 9.84. The third kappa shape index (κ3) is 3.22. The van der Waals surface area contributed by atoms with E-state index in [1.165, 1.54) is 6.07 Å². The van der Waals surface area contributed by atoms with E-state index < -0.39 is 17.5 Å². The molecule has 0 aromatic heterocycles. The van der Waals surface area contributed by atoms with Crippen molar-refractivity contribution in [2.75, 3.05) is 0 Å². The van der Waals surface area contributed by atoms with Crippen LogP contribution in [0.25, 0.3) is 0 Å². The number of ketones is 1. The maximum Gasteiger partial charge on any atom is 0.416 e. The maximum atomic E-state index is 12.4. The average molecular weight is 364 g/mol. The zero-order chi connectivity index (χ0) is 14.9. The molecule has 0 spiro atoms. The van der Waals surface area contributed by atoms with E-state index in [-0.39, 0.29) is 16.1 Å². The van der Waals surface area contributed by atoms with Crippen LogP contribution in [-0.4, -0.2) is 5.78 Å². The summed E-state index contributed by atoms with van der Waals surface area (Å²) in [7, 11) is 0. The van der Waals surface area contributed by atoms with Crippen LogP contribution in [0.2, 0.25) is 5.02 Å². The molecule has 0 atom stereocenters. The molecule has 6 heteroatoms. The van der Waals surface area contributed by atoms with Crippen LogP contribution in [0.3, 0.4) is 0 Å². The van der Waals surface area contributed by atoms with Crippen molar-refractivity contribution in [2.24, 2.45) is 0 Å². The van der Waals surface area contributed by atoms with E-state index >= 15 is 0 Å². The first-order valence-electron chi connectivity index (χ1n) is 5.46. The van der Waals surface area contributed by atoms with Gasteiger partial charge in [0.05, 0.1) is 10.6 Å². The van der Waals surface area contributed by atoms with Crippen LogP contribution >= 0.6 is 27.5 Å². The molecule has 0 amide bonds. The first-order chi connectivity index (χ1) is 9.29. The van der Waals surface area contributed by atoms with Crippen molar-refractivity contribution in [1.29, 1.82) is 0 Å². The number of alkyl halides is 3. The lowest BCUT2D eigenvalue weighted by Crippen LogP contribution is -2.07. The second kappa shape index (κ2) is 5.58. The SMILES string of the molecule is O=C(c1ccc(C(F)(F)F)cc1)c1ccc(Br)cc1Cl. The quantitative estimate of drug-likeness (QED) is 0.657. The van der Waals surface area contributed by atoms with Crippen molar-refractivity contribution in [3.8, 4) is 0 Å². The molecule has 0 N–H and O–H groups in total. The summed E-state index contributed by atoms with van der Waals surface area (Å²) in [5, 5.41) is 0.240. The molecular formula is C14H7BrClF3O. The summed E-state index contributed by atoms with van der Waals surface area (Å²) in [4.78, 5) is 12.2. The largest absolute Gasteiger partial charge is 0.416 e. The van der Waals surface area contributed by atoms with E-state index in [0.717, 1.165) is 24.3 Å². The lowest BCUT2D eigenvalue weighted by molar-refractivity contribution is -0.137. The van der Waals surface area contributed by atoms with E-state index in [1.807, 2.05) is 0 Å². The van der Waals surface area contributed by atoms with E-state index in [9.17, 15) is 18.0 Å². The minimum atomic E-state index is -4.42. The smallest absolute Gasteiger partial charge is 0.289 e. The van der Waals surface area contributed by atoms with Crippen LogP contribution in [0.5, 0.6) is 0 Å². The van der Waals surface area contributed by atoms with Crippen molar-refractivity contribution >= 4 is 33.3 Å². The monoisotopic (exact) mass is 362 g/mol. The second-order valence-electron chi connectivity index (χ2n) is 4.03. The minimum absolute atomic E-state index is 0.155. The molecule has 2 aromatic carbocycles. The summed E-state index contributed by atoms with van der Waals surface area (Å²) in [6, 6.07) is 8.75. The van der Waals surface area contributed by atoms with E-state index in [0.29, 0.717) is 4.47 Å². The van der Waals surface area contributed by atoms with Gasteiger partial charge in [-0.05, 0) is 30.3 Å². The summed E-state index contributed by atoms with van der Waals surface area (Å²) >= 11 is 9.16. The highest BCUT2D eigenvalue weighted by Crippen LogP contribution is 2.30. The molecule has 0 heterocycles. The zero-order valence-corrected chi connectivity index (χ0v) is 12.2. The van der Waals surface area contributed by atoms with Crippen molar-refractivity contribution in [2.45, 2.75) is 6.18 Å². The Labute approximate surface area is 126 Å². The van der Waals surface area contributed by atoms with Gasteiger partial charge in [-0.2, -0.15) is 13.2 Å². The van der Waals surface area contributed by atoms with Gasteiger partial charge in [0.25, 0.3) is 0 Å². The summed E-state index contributed by atoms with van der Waals surface area (Å²) in [5.41, 5.74) is -0.396. The average Bonchev–Trinajstić information content (AvgIpc) is 2.37. The van der Waals surface area contributed by atoms with Crippen LogP contribution in [0.4, 0.5) is 13.2 Å². The Morgan fingerprint density at radius 2 is 1.65 bits per heavy atom. The topological polar surface area (TPSA) is 17.1 Å². The first kappa shape index (κ1) is 15.1. The summed E-state index contributed by atoms with van der Waals surface area (Å²) in [6.07, 6.45) is -4.42. The Morgan fingerprint density at radius 3 is 2.15 bits per heavy atom. The Hall–Kier alpha value is -1.33. The lowest BCUT2D eigenvalue weighted by atomic mass is 10.0. The molecule has 0 radical (unpaired) electrons. The van der Waals surface area contributed by atoms with Gasteiger partial charge in [0.15, 0.2) is 5.78 Å². The number of halogens is 5. The Bertz CT molecular complexity index is 650. The molecule has 104 valence electrons. The van der Waals surface area contributed by atoms with Crippen LogP contribution in [0, 0.1) is 0 Å². The molecule has 2 aromatic rings. The van der Waals surface area contributed by atoms with Crippen LogP contribution < -0.4 is 0 Å². The lowest BCUT2D eigenvalue weighted by Gasteiger charge is -2.08. The van der Waals surface area contributed by atoms with Crippen molar-refractivity contribution in [1.82, 2.24) is 0 Å². The summed E-state index contributed by atoms with van der Waals surface area (Å²) in [6.45, 7) is 0. The predicted molar refractivity (Wildman–Crippen MR) is 74.0 cm³/mol. The molecule has 2 rings (SSSR count). The van der Waals surface area contributed by atoms with Crippen LogP contribution in [-0.2, 0) is 6.18 Å². The molecule has 0 aliphatic rings. The predicted octanol–water partition coefficient (Wildman–Crippen LogP) is 5.35. The number of rotatable bonds is 2. The fourth-order valence-electron chi connectivity index (χ4n) is 1.64. The molecule has 0 unspecified atom stereocenters. The number of carbonyl (C=O) groups is 1. The van der Waals surface area contributed by atoms with Gasteiger partial charge < -0.3 is 0 Å². The molecule has 0 saturated carbocycles. The van der Waals surface area contributed by atoms with Crippen LogP contribution in [0.15, 0.2) is 46.9 Å². The van der Waals surface area contributed by atoms with Gasteiger partial charge in [-0.3, -0.25) is 4.79 Å². The fourth-order valence-corrected chi connectivity index (χ4v) is 2.40. The Morgan fingerprint density at radius 1 is 1.05 bits per heavy atom. The molecule has 0 saturated heterocycles. The van der Waals surface area contributed by atoms with Crippen molar-refractivity contribution < 1.29 is 18.0 Å². The molecule has 0 aliphatic carbocycles. The van der Waals surface area contributed by atoms with Gasteiger partial charge in [0, 0.05) is 15.6 Å². The maximum absolute atomic E-state index is 12.4. The van der Waals surface area contributed by atoms with Gasteiger partial charge >= 0.3 is 6.18 Å². The third-order valence-corrected chi connectivity index (χ3v) is 3.46. The molecular weight excluding hydrogens is 357 g/mol. The van der Waals surface area contributed by atoms with Crippen molar-refractivity contribution in [3.05, 3.63) is 68.7 Å². The van der Waals surface area contributed by atoms with Crippen LogP contribution in [0.1, 0.15) is 21.5 Å². The van der Waals surface area contributed by atoms with Gasteiger partial charge in [0.2, 0.25) is 0 Å². The van der Waals surface area contributed by atoms with E-state index in [2.05, 4.69) is 15.9 Å². The molecule has 0 aliphatic heterocycles. The highest BCUT2D eigenvalue weighted by Gasteiger charge is 2.30. The fraction of sp³-hybridized carbons (Fsp3) is 0.0714. The van der Waals surface area contributed by atoms with Gasteiger partial charge in [-0.15, -0.1) is 0 Å². The second-order valence-corrected chi connectivity index (χ2v) is 5.35. The standard InChI is InChI=1S/C14H7BrClF3O/c15-10-5-6-11(12(16)7-10)13(20)8-1-3-9(4-2-8)14(17,18)19/h1-7H. The number of benzene rings is 2. The highest BCUT2D eigenvalue weighted by atomic mass is 79.9. The van der Waals surface area contributed by atoms with E-state index in [4.69, 9.17) is 11.6 Å². The molecule has 0 bridgehead atoms. The highest BCUT2D eigenvalue weighted by molar-refractivity contribution is 9.10. The Kier molecular flexibility index (Phi) is 4.20. The number of hydrogen-bond donors (Lipinski definition) is 0.